The number of nitrogens with zero attached hydrogens (tertiary/aromatic N) is 5. The highest BCUT2D eigenvalue weighted by Crippen LogP contribution is 2.25. The van der Waals surface area contributed by atoms with Crippen molar-refractivity contribution in [2.75, 3.05) is 5.73 Å². The second-order valence-corrected chi connectivity index (χ2v) is 9.86. The Morgan fingerprint density at radius 1 is 1.10 bits per heavy atom. The highest BCUT2D eigenvalue weighted by atomic mass is 32.1. The van der Waals surface area contributed by atoms with E-state index in [1.807, 2.05) is 73.7 Å². The maximum atomic E-state index is 14.1. The van der Waals surface area contributed by atoms with Gasteiger partial charge < -0.3 is 11.1 Å². The molecular formula is C29H23N7O2S. The molecule has 0 fully saturated rings. The molecule has 6 rings (SSSR count). The molecule has 0 aliphatic rings. The van der Waals surface area contributed by atoms with Crippen molar-refractivity contribution in [3.05, 3.63) is 117 Å². The number of nitrogens with two attached hydrogens (primary N) is 1. The van der Waals surface area contributed by atoms with E-state index in [9.17, 15) is 9.59 Å². The minimum atomic E-state index is -0.552. The molecule has 1 atom stereocenters. The maximum Gasteiger partial charge on any atom is 0.263 e. The first-order chi connectivity index (χ1) is 19.0. The summed E-state index contributed by atoms with van der Waals surface area (Å²) in [6.45, 7) is 1.83. The van der Waals surface area contributed by atoms with Crippen LogP contribution < -0.4 is 16.6 Å². The zero-order valence-electron chi connectivity index (χ0n) is 20.9. The van der Waals surface area contributed by atoms with Crippen LogP contribution in [0.25, 0.3) is 34.3 Å². The Balaban J connectivity index is 1.47. The third kappa shape index (κ3) is 4.47. The first kappa shape index (κ1) is 24.3. The smallest absolute Gasteiger partial charge is 0.263 e. The Hall–Kier alpha value is -5.09. The van der Waals surface area contributed by atoms with E-state index < -0.39 is 11.9 Å². The number of anilines is 1. The van der Waals surface area contributed by atoms with E-state index in [0.717, 1.165) is 15.8 Å². The molecule has 10 heteroatoms. The molecule has 0 saturated heterocycles. The van der Waals surface area contributed by atoms with Crippen LogP contribution in [0.5, 0.6) is 0 Å². The summed E-state index contributed by atoms with van der Waals surface area (Å²) in [6.07, 6.45) is 8.91. The molecular weight excluding hydrogens is 510 g/mol. The second-order valence-electron chi connectivity index (χ2n) is 8.94. The van der Waals surface area contributed by atoms with Crippen molar-refractivity contribution >= 4 is 51.6 Å². The summed E-state index contributed by atoms with van der Waals surface area (Å²) in [5.41, 5.74) is 10.3. The fourth-order valence-corrected chi connectivity index (χ4v) is 5.17. The number of thiazole rings is 1. The van der Waals surface area contributed by atoms with Crippen LogP contribution in [-0.4, -0.2) is 30.1 Å². The van der Waals surface area contributed by atoms with Gasteiger partial charge in [-0.3, -0.25) is 19.1 Å². The second kappa shape index (κ2) is 9.99. The molecule has 192 valence electrons. The summed E-state index contributed by atoms with van der Waals surface area (Å²) in [4.78, 5) is 36.9. The van der Waals surface area contributed by atoms with Crippen molar-refractivity contribution in [1.29, 1.82) is 0 Å². The third-order valence-corrected chi connectivity index (χ3v) is 7.18. The van der Waals surface area contributed by atoms with Gasteiger partial charge in [0.25, 0.3) is 11.5 Å². The lowest BCUT2D eigenvalue weighted by atomic mass is 10.0. The normalized spacial score (nSPS) is 12.3. The van der Waals surface area contributed by atoms with Gasteiger partial charge in [0, 0.05) is 34.8 Å². The lowest BCUT2D eigenvalue weighted by Gasteiger charge is -2.21. The lowest BCUT2D eigenvalue weighted by molar-refractivity contribution is 0.0941. The van der Waals surface area contributed by atoms with Gasteiger partial charge in [0.2, 0.25) is 0 Å². The number of rotatable bonds is 6. The Morgan fingerprint density at radius 2 is 1.95 bits per heavy atom. The molecule has 0 aliphatic carbocycles. The summed E-state index contributed by atoms with van der Waals surface area (Å²) in [5.74, 6) is -0.350. The van der Waals surface area contributed by atoms with E-state index in [1.165, 1.54) is 15.9 Å². The average Bonchev–Trinajstić information content (AvgIpc) is 3.59. The predicted octanol–water partition coefficient (Wildman–Crippen LogP) is 4.73. The summed E-state index contributed by atoms with van der Waals surface area (Å²) in [7, 11) is 0. The minimum absolute atomic E-state index is 0.0785. The van der Waals surface area contributed by atoms with Crippen LogP contribution in [0.4, 0.5) is 5.82 Å². The Bertz CT molecular complexity index is 1910. The number of aromatic nitrogens is 5. The number of para-hydroxylation sites is 1. The van der Waals surface area contributed by atoms with Crippen LogP contribution >= 0.6 is 11.3 Å². The molecule has 0 radical (unpaired) electrons. The predicted molar refractivity (Wildman–Crippen MR) is 154 cm³/mol. The summed E-state index contributed by atoms with van der Waals surface area (Å²) in [5, 5.41) is 8.54. The number of hydrogen-bond acceptors (Lipinski definition) is 7. The van der Waals surface area contributed by atoms with Gasteiger partial charge >= 0.3 is 0 Å². The maximum absolute atomic E-state index is 14.1. The van der Waals surface area contributed by atoms with Crippen molar-refractivity contribution in [3.63, 3.8) is 0 Å². The molecule has 0 bridgehead atoms. The standard InChI is InChI=1S/C29H23N7O2S/c1-18(33-28(37)25-26(30)34-35-14-6-13-32-27(25)35)23-15-20-8-5-7-19(11-12-22-16-31-17-39-22)24(20)29(38)36(23)21-9-3-2-4-10-21/h2-18H,1H3,(H2,30,34)(H,33,37). The molecule has 3 N–H and O–H groups in total. The number of nitrogen functional groups attached to an aromatic ring is 1. The number of pyridine rings is 1. The SMILES string of the molecule is CC(NC(=O)c1c(N)nn2cccnc12)c1cc2cccc(C=Cc3cncs3)c2c(=O)n1-c1ccccc1. The molecule has 0 spiro atoms. The highest BCUT2D eigenvalue weighted by Gasteiger charge is 2.23. The van der Waals surface area contributed by atoms with Crippen molar-refractivity contribution in [1.82, 2.24) is 29.5 Å². The van der Waals surface area contributed by atoms with E-state index >= 15 is 0 Å². The monoisotopic (exact) mass is 533 g/mol. The average molecular weight is 534 g/mol. The van der Waals surface area contributed by atoms with Gasteiger partial charge in [0.05, 0.1) is 16.9 Å². The van der Waals surface area contributed by atoms with E-state index in [0.29, 0.717) is 22.4 Å². The topological polar surface area (TPSA) is 120 Å². The molecule has 2 aromatic carbocycles. The third-order valence-electron chi connectivity index (χ3n) is 6.44. The number of carbonyl (C=O) groups excluding carboxylic acids is 1. The van der Waals surface area contributed by atoms with Crippen molar-refractivity contribution < 1.29 is 4.79 Å². The van der Waals surface area contributed by atoms with E-state index in [1.54, 1.807) is 34.7 Å². The lowest BCUT2D eigenvalue weighted by Crippen LogP contribution is -2.32. The van der Waals surface area contributed by atoms with Crippen LogP contribution in [0.15, 0.2) is 89.6 Å². The Kier molecular flexibility index (Phi) is 6.22. The first-order valence-electron chi connectivity index (χ1n) is 12.2. The van der Waals surface area contributed by atoms with Gasteiger partial charge in [-0.1, -0.05) is 42.5 Å². The highest BCUT2D eigenvalue weighted by molar-refractivity contribution is 7.10. The van der Waals surface area contributed by atoms with Crippen molar-refractivity contribution in [2.24, 2.45) is 0 Å². The zero-order chi connectivity index (χ0) is 26.9. The molecule has 4 aromatic heterocycles. The van der Waals surface area contributed by atoms with Crippen LogP contribution in [0.3, 0.4) is 0 Å². The minimum Gasteiger partial charge on any atom is -0.381 e. The molecule has 1 unspecified atom stereocenters. The van der Waals surface area contributed by atoms with Crippen molar-refractivity contribution in [3.8, 4) is 5.69 Å². The van der Waals surface area contributed by atoms with E-state index in [2.05, 4.69) is 20.4 Å². The van der Waals surface area contributed by atoms with Crippen LogP contribution in [0.2, 0.25) is 0 Å². The quantitative estimate of drug-likeness (QED) is 0.319. The molecule has 0 aliphatic heterocycles. The first-order valence-corrected chi connectivity index (χ1v) is 13.1. The van der Waals surface area contributed by atoms with Gasteiger partial charge in [-0.25, -0.2) is 9.50 Å². The fraction of sp³-hybridized carbons (Fsp3) is 0.0690. The van der Waals surface area contributed by atoms with Crippen molar-refractivity contribution in [2.45, 2.75) is 13.0 Å². The number of fused-ring (bicyclic) bond motifs is 2. The summed E-state index contributed by atoms with van der Waals surface area (Å²) < 4.78 is 3.11. The Labute approximate surface area is 226 Å². The summed E-state index contributed by atoms with van der Waals surface area (Å²) in [6, 6.07) is 18.2. The van der Waals surface area contributed by atoms with E-state index in [-0.39, 0.29) is 16.9 Å². The fourth-order valence-electron chi connectivity index (χ4n) is 4.65. The van der Waals surface area contributed by atoms with Crippen LogP contribution in [0.1, 0.15) is 39.5 Å². The number of benzene rings is 2. The molecule has 6 aromatic rings. The molecule has 39 heavy (non-hydrogen) atoms. The number of amides is 1. The van der Waals surface area contributed by atoms with E-state index in [4.69, 9.17) is 5.73 Å². The molecule has 0 saturated carbocycles. The van der Waals surface area contributed by atoms with Gasteiger partial charge in [-0.05, 0) is 48.2 Å². The van der Waals surface area contributed by atoms with Gasteiger partial charge in [-0.2, -0.15) is 0 Å². The molecule has 4 heterocycles. The molecule has 1 amide bonds. The van der Waals surface area contributed by atoms with Crippen LogP contribution in [-0.2, 0) is 0 Å². The number of nitrogens with one attached hydrogen (secondary N) is 1. The summed E-state index contributed by atoms with van der Waals surface area (Å²) >= 11 is 1.52. The number of hydrogen-bond donors (Lipinski definition) is 2. The van der Waals surface area contributed by atoms with Crippen LogP contribution in [0, 0.1) is 0 Å². The Morgan fingerprint density at radius 3 is 2.74 bits per heavy atom. The van der Waals surface area contributed by atoms with Gasteiger partial charge in [-0.15, -0.1) is 16.4 Å². The van der Waals surface area contributed by atoms with Gasteiger partial charge in [0.15, 0.2) is 11.5 Å². The van der Waals surface area contributed by atoms with Gasteiger partial charge in [0.1, 0.15) is 5.56 Å². The zero-order valence-corrected chi connectivity index (χ0v) is 21.7. The number of carbonyl (C=O) groups is 1. The molecule has 9 nitrogen and oxygen atoms in total. The largest absolute Gasteiger partial charge is 0.381 e.